The van der Waals surface area contributed by atoms with Crippen molar-refractivity contribution in [3.05, 3.63) is 54.1 Å². The maximum absolute atomic E-state index is 8.08. The van der Waals surface area contributed by atoms with E-state index in [4.69, 9.17) is 31.3 Å². The number of hydrogen-bond acceptors (Lipinski definition) is 8. The maximum Gasteiger partial charge on any atom is 0.166 e. The molecule has 4 heterocycles. The highest BCUT2D eigenvalue weighted by Crippen LogP contribution is 2.33. The van der Waals surface area contributed by atoms with Crippen LogP contribution < -0.4 is 4.74 Å². The van der Waals surface area contributed by atoms with Crippen LogP contribution in [0.25, 0.3) is 21.9 Å². The second-order valence-electron chi connectivity index (χ2n) is 9.45. The summed E-state index contributed by atoms with van der Waals surface area (Å²) in [5, 5.41) is 18.5. The zero-order valence-corrected chi connectivity index (χ0v) is 26.5. The summed E-state index contributed by atoms with van der Waals surface area (Å²) in [5.41, 5.74) is 1.63. The van der Waals surface area contributed by atoms with E-state index in [-0.39, 0.29) is 17.8 Å². The van der Waals surface area contributed by atoms with Crippen LogP contribution >= 0.6 is 11.6 Å². The van der Waals surface area contributed by atoms with Crippen LogP contribution in [0.5, 0.6) is 5.75 Å². The van der Waals surface area contributed by atoms with Gasteiger partial charge in [-0.3, -0.25) is 0 Å². The number of benzene rings is 1. The van der Waals surface area contributed by atoms with Crippen LogP contribution in [0.3, 0.4) is 0 Å². The largest absolute Gasteiger partial charge is 0.491 e. The molecule has 1 aliphatic rings. The fourth-order valence-corrected chi connectivity index (χ4v) is 3.98. The minimum absolute atomic E-state index is 0. The van der Waals surface area contributed by atoms with Crippen LogP contribution in [0.1, 0.15) is 60.6 Å². The summed E-state index contributed by atoms with van der Waals surface area (Å²) in [6.07, 6.45) is 6.94. The molecular weight excluding hydrogens is 560 g/mol. The van der Waals surface area contributed by atoms with Gasteiger partial charge in [-0.05, 0) is 57.0 Å². The molecule has 42 heavy (non-hydrogen) atoms. The first-order chi connectivity index (χ1) is 19.6. The van der Waals surface area contributed by atoms with Crippen molar-refractivity contribution in [2.45, 2.75) is 72.5 Å². The molecular formula is C30H45ClN6O5. The average Bonchev–Trinajstić information content (AvgIpc) is 3.59. The van der Waals surface area contributed by atoms with Gasteiger partial charge in [0.05, 0.1) is 23.3 Å². The van der Waals surface area contributed by atoms with E-state index in [1.54, 1.807) is 12.4 Å². The van der Waals surface area contributed by atoms with Gasteiger partial charge in [0.2, 0.25) is 0 Å². The number of fused-ring (bicyclic) bond motifs is 2. The fourth-order valence-electron chi connectivity index (χ4n) is 3.83. The Kier molecular flexibility index (Phi) is 15.3. The maximum atomic E-state index is 8.08. The lowest BCUT2D eigenvalue weighted by molar-refractivity contribution is -0.127. The number of aliphatic hydroxyl groups is 2. The standard InChI is InChI=1S/C23H23ClN6O2.C3H8O2.2C2H6.H2O/c1-29(2)14-27-22-18-9-10-30(23(18)26-13-25-22)21-8-6-17(32-21)12-31-16-5-3-15-4-7-20(24)28-19(15)11-16;1-3(2,4)5;2*1-2;/h3-5,7,9-11,13-14,17,21H,6,8,12H2,1-2H3;4-5H,1-2H3;2*1-2H3;1H2/b27-14+;;;;. The van der Waals surface area contributed by atoms with Crippen molar-refractivity contribution in [3.63, 3.8) is 0 Å². The SMILES string of the molecule is CC.CC.CC(C)(O)O.CN(C)/C=N/c1ncnc2c1ccn2C1CCC(COc2ccc3ccc(Cl)nc3c2)O1.O. The molecule has 1 saturated heterocycles. The molecule has 4 N–H and O–H groups in total. The second kappa shape index (κ2) is 17.6. The number of aliphatic imine (C=N–C) groups is 1. The van der Waals surface area contributed by atoms with E-state index in [0.29, 0.717) is 17.6 Å². The minimum atomic E-state index is -1.50. The van der Waals surface area contributed by atoms with Crippen LogP contribution in [-0.4, -0.2) is 79.0 Å². The molecule has 0 radical (unpaired) electrons. The van der Waals surface area contributed by atoms with Gasteiger partial charge in [0.15, 0.2) is 11.6 Å². The monoisotopic (exact) mass is 604 g/mol. The molecule has 1 aliphatic heterocycles. The summed E-state index contributed by atoms with van der Waals surface area (Å²) in [7, 11) is 3.84. The molecule has 0 spiro atoms. The van der Waals surface area contributed by atoms with Crippen molar-refractivity contribution in [1.82, 2.24) is 24.4 Å². The third-order valence-corrected chi connectivity index (χ3v) is 5.57. The Morgan fingerprint density at radius 3 is 2.43 bits per heavy atom. The summed E-state index contributed by atoms with van der Waals surface area (Å²) in [4.78, 5) is 19.4. The highest BCUT2D eigenvalue weighted by atomic mass is 35.5. The first-order valence-electron chi connectivity index (χ1n) is 13.9. The van der Waals surface area contributed by atoms with Crippen LogP contribution in [0.2, 0.25) is 5.15 Å². The first-order valence-corrected chi connectivity index (χ1v) is 14.3. The molecule has 4 aromatic rings. The lowest BCUT2D eigenvalue weighted by atomic mass is 10.2. The van der Waals surface area contributed by atoms with E-state index in [1.807, 2.05) is 87.8 Å². The molecule has 2 atom stereocenters. The van der Waals surface area contributed by atoms with Crippen LogP contribution in [0.4, 0.5) is 5.82 Å². The zero-order valence-electron chi connectivity index (χ0n) is 25.7. The number of halogens is 1. The molecule has 5 rings (SSSR count). The summed E-state index contributed by atoms with van der Waals surface area (Å²) in [6.45, 7) is 11.1. The third kappa shape index (κ3) is 11.1. The molecule has 0 amide bonds. The quantitative estimate of drug-likeness (QED) is 0.126. The Bertz CT molecular complexity index is 1380. The molecule has 232 valence electrons. The molecule has 12 heteroatoms. The summed E-state index contributed by atoms with van der Waals surface area (Å²) < 4.78 is 14.3. The topological polar surface area (TPSA) is 150 Å². The van der Waals surface area contributed by atoms with E-state index in [1.165, 1.54) is 20.2 Å². The minimum Gasteiger partial charge on any atom is -0.491 e. The van der Waals surface area contributed by atoms with Gasteiger partial charge in [-0.1, -0.05) is 39.3 Å². The van der Waals surface area contributed by atoms with Gasteiger partial charge >= 0.3 is 0 Å². The van der Waals surface area contributed by atoms with Gasteiger partial charge in [-0.25, -0.2) is 19.9 Å². The van der Waals surface area contributed by atoms with E-state index >= 15 is 0 Å². The Morgan fingerprint density at radius 2 is 1.76 bits per heavy atom. The molecule has 1 fully saturated rings. The number of ether oxygens (including phenoxy) is 2. The lowest BCUT2D eigenvalue weighted by Crippen LogP contribution is -2.18. The predicted octanol–water partition coefficient (Wildman–Crippen LogP) is 5.55. The van der Waals surface area contributed by atoms with Gasteiger partial charge in [0, 0.05) is 31.7 Å². The Balaban J connectivity index is 0.000000789. The van der Waals surface area contributed by atoms with E-state index < -0.39 is 5.79 Å². The summed E-state index contributed by atoms with van der Waals surface area (Å²) >= 11 is 6.01. The van der Waals surface area contributed by atoms with Gasteiger partial charge in [-0.15, -0.1) is 0 Å². The van der Waals surface area contributed by atoms with Crippen molar-refractivity contribution in [2.24, 2.45) is 4.99 Å². The van der Waals surface area contributed by atoms with Crippen molar-refractivity contribution in [3.8, 4) is 5.75 Å². The third-order valence-electron chi connectivity index (χ3n) is 5.36. The normalized spacial score (nSPS) is 16.0. The summed E-state index contributed by atoms with van der Waals surface area (Å²) in [5.74, 6) is -0.104. The van der Waals surface area contributed by atoms with E-state index in [2.05, 4.69) is 19.9 Å². The second-order valence-corrected chi connectivity index (χ2v) is 9.84. The van der Waals surface area contributed by atoms with E-state index in [0.717, 1.165) is 40.5 Å². The smallest absolute Gasteiger partial charge is 0.166 e. The molecule has 2 unspecified atom stereocenters. The van der Waals surface area contributed by atoms with Gasteiger partial charge < -0.3 is 34.6 Å². The van der Waals surface area contributed by atoms with E-state index in [9.17, 15) is 0 Å². The van der Waals surface area contributed by atoms with Gasteiger partial charge in [0.1, 0.15) is 35.7 Å². The molecule has 3 aromatic heterocycles. The van der Waals surface area contributed by atoms with Crippen LogP contribution in [0.15, 0.2) is 53.9 Å². The first kappa shape index (κ1) is 36.7. The summed E-state index contributed by atoms with van der Waals surface area (Å²) in [6, 6.07) is 11.5. The molecule has 0 aliphatic carbocycles. The fraction of sp³-hybridized carbons (Fsp3) is 0.467. The molecule has 1 aromatic carbocycles. The molecule has 11 nitrogen and oxygen atoms in total. The van der Waals surface area contributed by atoms with Crippen LogP contribution in [0, 0.1) is 0 Å². The van der Waals surface area contributed by atoms with Crippen molar-refractivity contribution in [1.29, 1.82) is 0 Å². The number of hydrogen-bond donors (Lipinski definition) is 2. The predicted molar refractivity (Wildman–Crippen MR) is 170 cm³/mol. The molecule has 0 saturated carbocycles. The Hall–Kier alpha value is -3.35. The highest BCUT2D eigenvalue weighted by Gasteiger charge is 2.28. The van der Waals surface area contributed by atoms with Crippen molar-refractivity contribution < 1.29 is 25.2 Å². The van der Waals surface area contributed by atoms with Gasteiger partial charge in [-0.2, -0.15) is 0 Å². The number of aromatic nitrogens is 4. The zero-order chi connectivity index (χ0) is 30.6. The average molecular weight is 605 g/mol. The highest BCUT2D eigenvalue weighted by molar-refractivity contribution is 6.29. The Morgan fingerprint density at radius 1 is 1.10 bits per heavy atom. The Labute approximate surface area is 253 Å². The number of nitrogens with zero attached hydrogens (tertiary/aromatic N) is 6. The van der Waals surface area contributed by atoms with Gasteiger partial charge in [0.25, 0.3) is 0 Å². The lowest BCUT2D eigenvalue weighted by Gasteiger charge is -2.16. The number of rotatable bonds is 6. The van der Waals surface area contributed by atoms with Crippen LogP contribution in [-0.2, 0) is 4.74 Å². The van der Waals surface area contributed by atoms with Crippen molar-refractivity contribution >= 4 is 45.7 Å². The number of pyridine rings is 1. The molecule has 0 bridgehead atoms. The van der Waals surface area contributed by atoms with Crippen molar-refractivity contribution in [2.75, 3.05) is 20.7 Å².